The number of benzene rings is 1. The average molecular weight is 351 g/mol. The molecule has 0 bridgehead atoms. The number of hydrogen-bond donors (Lipinski definition) is 1. The number of nitrogens with zero attached hydrogens (tertiary/aromatic N) is 1. The molecule has 4 heteroatoms. The number of aryl methyl sites for hydroxylation is 1. The van der Waals surface area contributed by atoms with Crippen molar-refractivity contribution in [2.45, 2.75) is 32.2 Å². The third kappa shape index (κ3) is 5.21. The van der Waals surface area contributed by atoms with Crippen molar-refractivity contribution in [1.82, 2.24) is 10.3 Å². The van der Waals surface area contributed by atoms with E-state index in [1.54, 1.807) is 6.07 Å². The third-order valence-corrected chi connectivity index (χ3v) is 3.99. The summed E-state index contributed by atoms with van der Waals surface area (Å²) in [6.07, 6.45) is 6.26. The maximum atomic E-state index is 13.9. The van der Waals surface area contributed by atoms with Crippen LogP contribution in [0.1, 0.15) is 24.5 Å². The molecule has 0 radical (unpaired) electrons. The second-order valence-corrected chi connectivity index (χ2v) is 6.00. The van der Waals surface area contributed by atoms with E-state index in [1.807, 2.05) is 30.6 Å². The predicted molar refractivity (Wildman–Crippen MR) is 87.8 cm³/mol. The minimum Gasteiger partial charge on any atom is -0.314 e. The zero-order chi connectivity index (χ0) is 15.1. The summed E-state index contributed by atoms with van der Waals surface area (Å²) < 4.78 is 14.8. The highest BCUT2D eigenvalue weighted by molar-refractivity contribution is 9.10. The predicted octanol–water partition coefficient (Wildman–Crippen LogP) is 4.14. The lowest BCUT2D eigenvalue weighted by Crippen LogP contribution is -2.31. The maximum Gasteiger partial charge on any atom is 0.126 e. The molecular formula is C17H20BrFN2. The van der Waals surface area contributed by atoms with Crippen LogP contribution in [0.3, 0.4) is 0 Å². The normalized spacial score (nSPS) is 12.3. The van der Waals surface area contributed by atoms with Crippen LogP contribution in [0, 0.1) is 5.82 Å². The minimum absolute atomic E-state index is 0.134. The highest BCUT2D eigenvalue weighted by atomic mass is 79.9. The van der Waals surface area contributed by atoms with Gasteiger partial charge in [0.2, 0.25) is 0 Å². The van der Waals surface area contributed by atoms with Gasteiger partial charge in [-0.2, -0.15) is 0 Å². The van der Waals surface area contributed by atoms with E-state index in [4.69, 9.17) is 0 Å². The average Bonchev–Trinajstić information content (AvgIpc) is 2.50. The molecule has 112 valence electrons. The Morgan fingerprint density at radius 1 is 1.24 bits per heavy atom. The SMILES string of the molecule is CCNC(CCc1ccncc1)Cc1cc(Br)ccc1F. The molecule has 2 rings (SSSR count). The van der Waals surface area contributed by atoms with Gasteiger partial charge in [-0.05, 0) is 67.3 Å². The van der Waals surface area contributed by atoms with E-state index in [0.29, 0.717) is 6.42 Å². The Balaban J connectivity index is 2.00. The van der Waals surface area contributed by atoms with E-state index in [0.717, 1.165) is 29.4 Å². The molecule has 1 aromatic heterocycles. The van der Waals surface area contributed by atoms with E-state index in [1.165, 1.54) is 11.6 Å². The zero-order valence-corrected chi connectivity index (χ0v) is 13.7. The molecule has 0 saturated carbocycles. The Morgan fingerprint density at radius 3 is 2.71 bits per heavy atom. The first kappa shape index (κ1) is 16.1. The highest BCUT2D eigenvalue weighted by Gasteiger charge is 2.12. The molecule has 0 aliphatic heterocycles. The van der Waals surface area contributed by atoms with E-state index < -0.39 is 0 Å². The van der Waals surface area contributed by atoms with Crippen LogP contribution in [-0.4, -0.2) is 17.6 Å². The van der Waals surface area contributed by atoms with Crippen molar-refractivity contribution in [3.05, 3.63) is 64.1 Å². The summed E-state index contributed by atoms with van der Waals surface area (Å²) in [5.41, 5.74) is 2.02. The van der Waals surface area contributed by atoms with Gasteiger partial charge in [-0.25, -0.2) is 4.39 Å². The van der Waals surface area contributed by atoms with Gasteiger partial charge in [0.25, 0.3) is 0 Å². The Hall–Kier alpha value is -1.26. The van der Waals surface area contributed by atoms with Gasteiger partial charge in [-0.15, -0.1) is 0 Å². The number of likely N-dealkylation sites (N-methyl/N-ethyl adjacent to an activating group) is 1. The van der Waals surface area contributed by atoms with Crippen molar-refractivity contribution in [3.63, 3.8) is 0 Å². The number of halogens is 2. The fourth-order valence-electron chi connectivity index (χ4n) is 2.42. The molecule has 2 nitrogen and oxygen atoms in total. The van der Waals surface area contributed by atoms with Crippen molar-refractivity contribution in [2.24, 2.45) is 0 Å². The standard InChI is InChI=1S/C17H20BrFN2/c1-2-21-16(5-3-13-7-9-20-10-8-13)12-14-11-15(18)4-6-17(14)19/h4,6-11,16,21H,2-3,5,12H2,1H3. The van der Waals surface area contributed by atoms with Crippen molar-refractivity contribution in [2.75, 3.05) is 6.54 Å². The first-order chi connectivity index (χ1) is 10.2. The van der Waals surface area contributed by atoms with Crippen LogP contribution in [0.25, 0.3) is 0 Å². The van der Waals surface area contributed by atoms with E-state index in [9.17, 15) is 4.39 Å². The van der Waals surface area contributed by atoms with E-state index in [2.05, 4.69) is 33.2 Å². The monoisotopic (exact) mass is 350 g/mol. The highest BCUT2D eigenvalue weighted by Crippen LogP contribution is 2.18. The number of hydrogen-bond acceptors (Lipinski definition) is 2. The van der Waals surface area contributed by atoms with E-state index >= 15 is 0 Å². The second-order valence-electron chi connectivity index (χ2n) is 5.09. The lowest BCUT2D eigenvalue weighted by Gasteiger charge is -2.18. The largest absolute Gasteiger partial charge is 0.314 e. The van der Waals surface area contributed by atoms with Crippen molar-refractivity contribution >= 4 is 15.9 Å². The molecule has 1 unspecified atom stereocenters. The smallest absolute Gasteiger partial charge is 0.126 e. The van der Waals surface area contributed by atoms with Gasteiger partial charge in [-0.1, -0.05) is 22.9 Å². The molecule has 2 aromatic rings. The van der Waals surface area contributed by atoms with Crippen molar-refractivity contribution in [1.29, 1.82) is 0 Å². The van der Waals surface area contributed by atoms with Gasteiger partial charge in [0.1, 0.15) is 5.82 Å². The number of aromatic nitrogens is 1. The van der Waals surface area contributed by atoms with Crippen LogP contribution in [-0.2, 0) is 12.8 Å². The lowest BCUT2D eigenvalue weighted by atomic mass is 9.99. The van der Waals surface area contributed by atoms with E-state index in [-0.39, 0.29) is 11.9 Å². The number of pyridine rings is 1. The maximum absolute atomic E-state index is 13.9. The summed E-state index contributed by atoms with van der Waals surface area (Å²) in [7, 11) is 0. The van der Waals surface area contributed by atoms with Gasteiger partial charge in [0, 0.05) is 22.9 Å². The van der Waals surface area contributed by atoms with Gasteiger partial charge < -0.3 is 5.32 Å². The Labute approximate surface area is 133 Å². The summed E-state index contributed by atoms with van der Waals surface area (Å²) in [6, 6.07) is 9.45. The van der Waals surface area contributed by atoms with Crippen LogP contribution in [0.2, 0.25) is 0 Å². The van der Waals surface area contributed by atoms with Gasteiger partial charge in [0.05, 0.1) is 0 Å². The molecule has 0 saturated heterocycles. The molecule has 1 aromatic carbocycles. The molecule has 0 aliphatic carbocycles. The molecule has 0 spiro atoms. The first-order valence-corrected chi connectivity index (χ1v) is 8.04. The summed E-state index contributed by atoms with van der Waals surface area (Å²) in [5, 5.41) is 3.45. The van der Waals surface area contributed by atoms with Gasteiger partial charge in [-0.3, -0.25) is 4.98 Å². The molecule has 0 fully saturated rings. The van der Waals surface area contributed by atoms with Crippen LogP contribution in [0.5, 0.6) is 0 Å². The third-order valence-electron chi connectivity index (χ3n) is 3.50. The summed E-state index contributed by atoms with van der Waals surface area (Å²) in [4.78, 5) is 4.03. The van der Waals surface area contributed by atoms with Crippen LogP contribution < -0.4 is 5.32 Å². The quantitative estimate of drug-likeness (QED) is 0.811. The molecule has 21 heavy (non-hydrogen) atoms. The molecule has 0 aliphatic rings. The fourth-order valence-corrected chi connectivity index (χ4v) is 2.83. The summed E-state index contributed by atoms with van der Waals surface area (Å²) >= 11 is 3.41. The van der Waals surface area contributed by atoms with Crippen molar-refractivity contribution < 1.29 is 4.39 Å². The van der Waals surface area contributed by atoms with Crippen molar-refractivity contribution in [3.8, 4) is 0 Å². The zero-order valence-electron chi connectivity index (χ0n) is 12.2. The Kier molecular flexibility index (Phi) is 6.33. The fraction of sp³-hybridized carbons (Fsp3) is 0.353. The molecule has 1 atom stereocenters. The second kappa shape index (κ2) is 8.25. The topological polar surface area (TPSA) is 24.9 Å². The number of nitrogens with one attached hydrogen (secondary N) is 1. The minimum atomic E-state index is -0.134. The molecule has 1 N–H and O–H groups in total. The number of rotatable bonds is 7. The molecule has 0 amide bonds. The Bertz CT molecular complexity index is 560. The molecular weight excluding hydrogens is 331 g/mol. The van der Waals surface area contributed by atoms with Gasteiger partial charge in [0.15, 0.2) is 0 Å². The lowest BCUT2D eigenvalue weighted by molar-refractivity contribution is 0.479. The first-order valence-electron chi connectivity index (χ1n) is 7.25. The van der Waals surface area contributed by atoms with Crippen LogP contribution >= 0.6 is 15.9 Å². The Morgan fingerprint density at radius 2 is 2.00 bits per heavy atom. The van der Waals surface area contributed by atoms with Crippen LogP contribution in [0.4, 0.5) is 4.39 Å². The van der Waals surface area contributed by atoms with Gasteiger partial charge >= 0.3 is 0 Å². The summed E-state index contributed by atoms with van der Waals surface area (Å²) in [6.45, 7) is 2.97. The van der Waals surface area contributed by atoms with Crippen LogP contribution in [0.15, 0.2) is 47.2 Å². The molecule has 1 heterocycles. The summed E-state index contributed by atoms with van der Waals surface area (Å²) in [5.74, 6) is -0.134.